The van der Waals surface area contributed by atoms with Gasteiger partial charge in [0.2, 0.25) is 0 Å². The third-order valence-electron chi connectivity index (χ3n) is 4.47. The van der Waals surface area contributed by atoms with Crippen molar-refractivity contribution in [3.63, 3.8) is 0 Å². The van der Waals surface area contributed by atoms with Crippen LogP contribution in [0.1, 0.15) is 10.4 Å². The van der Waals surface area contributed by atoms with Gasteiger partial charge in [-0.05, 0) is 42.5 Å². The fraction of sp³-hybridized carbons (Fsp3) is 0.350. The summed E-state index contributed by atoms with van der Waals surface area (Å²) in [5.41, 5.74) is 0.404. The van der Waals surface area contributed by atoms with Gasteiger partial charge in [-0.1, -0.05) is 6.07 Å². The molecule has 0 unspecified atom stereocenters. The lowest BCUT2D eigenvalue weighted by atomic mass is 10.1. The van der Waals surface area contributed by atoms with E-state index in [1.165, 1.54) is 12.1 Å². The van der Waals surface area contributed by atoms with Crippen LogP contribution in [0.4, 0.5) is 4.39 Å². The first-order chi connectivity index (χ1) is 12.7. The first-order valence-corrected chi connectivity index (χ1v) is 8.70. The van der Waals surface area contributed by atoms with Crippen molar-refractivity contribution in [3.8, 4) is 11.5 Å². The largest absolute Gasteiger partial charge is 0.497 e. The predicted molar refractivity (Wildman–Crippen MR) is 97.2 cm³/mol. The lowest BCUT2D eigenvalue weighted by Crippen LogP contribution is -2.49. The molecule has 0 bridgehead atoms. The van der Waals surface area contributed by atoms with E-state index in [1.54, 1.807) is 24.1 Å². The van der Waals surface area contributed by atoms with Crippen LogP contribution in [0.15, 0.2) is 48.5 Å². The third kappa shape index (κ3) is 4.73. The van der Waals surface area contributed by atoms with Crippen LogP contribution < -0.4 is 9.47 Å². The van der Waals surface area contributed by atoms with Gasteiger partial charge >= 0.3 is 0 Å². The molecule has 3 rings (SSSR count). The minimum Gasteiger partial charge on any atom is -0.497 e. The fourth-order valence-electron chi connectivity index (χ4n) is 2.94. The Kier molecular flexibility index (Phi) is 6.07. The molecule has 0 saturated carbocycles. The highest BCUT2D eigenvalue weighted by molar-refractivity contribution is 5.94. The van der Waals surface area contributed by atoms with Crippen molar-refractivity contribution < 1.29 is 18.7 Å². The molecular weight excluding hydrogens is 335 g/mol. The lowest BCUT2D eigenvalue weighted by molar-refractivity contribution is 0.0620. The topological polar surface area (TPSA) is 42.0 Å². The minimum absolute atomic E-state index is 0.112. The van der Waals surface area contributed by atoms with Gasteiger partial charge in [-0.15, -0.1) is 0 Å². The Labute approximate surface area is 152 Å². The molecule has 0 aliphatic carbocycles. The molecule has 26 heavy (non-hydrogen) atoms. The first kappa shape index (κ1) is 18.2. The quantitative estimate of drug-likeness (QED) is 0.796. The maximum absolute atomic E-state index is 13.3. The minimum atomic E-state index is -0.384. The summed E-state index contributed by atoms with van der Waals surface area (Å²) in [5, 5.41) is 0. The van der Waals surface area contributed by atoms with Gasteiger partial charge in [-0.3, -0.25) is 9.69 Å². The maximum Gasteiger partial charge on any atom is 0.254 e. The molecule has 6 heteroatoms. The number of carbonyl (C=O) groups is 1. The second-order valence-corrected chi connectivity index (χ2v) is 6.17. The molecule has 0 spiro atoms. The summed E-state index contributed by atoms with van der Waals surface area (Å²) in [6.07, 6.45) is 0. The van der Waals surface area contributed by atoms with Crippen molar-refractivity contribution in [2.24, 2.45) is 0 Å². The first-order valence-electron chi connectivity index (χ1n) is 8.70. The predicted octanol–water partition coefficient (Wildman–Crippen LogP) is 2.67. The zero-order valence-electron chi connectivity index (χ0n) is 14.9. The van der Waals surface area contributed by atoms with Crippen LogP contribution >= 0.6 is 0 Å². The molecule has 0 N–H and O–H groups in total. The Morgan fingerprint density at radius 2 is 1.73 bits per heavy atom. The van der Waals surface area contributed by atoms with Gasteiger partial charge in [-0.2, -0.15) is 0 Å². The van der Waals surface area contributed by atoms with Gasteiger partial charge in [0.15, 0.2) is 0 Å². The summed E-state index contributed by atoms with van der Waals surface area (Å²) in [6, 6.07) is 13.4. The molecule has 0 atom stereocenters. The van der Waals surface area contributed by atoms with Gasteiger partial charge < -0.3 is 14.4 Å². The van der Waals surface area contributed by atoms with E-state index < -0.39 is 0 Å². The Morgan fingerprint density at radius 3 is 2.38 bits per heavy atom. The number of methoxy groups -OCH3 is 1. The normalized spacial score (nSPS) is 14.9. The van der Waals surface area contributed by atoms with E-state index in [4.69, 9.17) is 9.47 Å². The molecule has 1 saturated heterocycles. The van der Waals surface area contributed by atoms with E-state index in [9.17, 15) is 9.18 Å². The summed E-state index contributed by atoms with van der Waals surface area (Å²) in [4.78, 5) is 16.5. The molecule has 0 aromatic heterocycles. The second kappa shape index (κ2) is 8.67. The number of hydrogen-bond acceptors (Lipinski definition) is 4. The smallest absolute Gasteiger partial charge is 0.254 e. The molecule has 1 aliphatic heterocycles. The number of hydrogen-bond donors (Lipinski definition) is 0. The molecular formula is C20H23FN2O3. The van der Waals surface area contributed by atoms with Crippen LogP contribution in [0.2, 0.25) is 0 Å². The Hall–Kier alpha value is -2.60. The highest BCUT2D eigenvalue weighted by Crippen LogP contribution is 2.17. The molecule has 0 radical (unpaired) electrons. The number of rotatable bonds is 6. The van der Waals surface area contributed by atoms with Gasteiger partial charge in [0.1, 0.15) is 23.9 Å². The van der Waals surface area contributed by atoms with Gasteiger partial charge in [0.05, 0.1) is 7.11 Å². The Bertz CT molecular complexity index is 728. The summed E-state index contributed by atoms with van der Waals surface area (Å²) in [6.45, 7) is 4.23. The van der Waals surface area contributed by atoms with Crippen LogP contribution in [0.25, 0.3) is 0 Å². The van der Waals surface area contributed by atoms with Crippen molar-refractivity contribution in [1.82, 2.24) is 9.80 Å². The van der Waals surface area contributed by atoms with Crippen LogP contribution in [0.5, 0.6) is 11.5 Å². The number of piperazine rings is 1. The van der Waals surface area contributed by atoms with Gasteiger partial charge in [0, 0.05) is 38.3 Å². The van der Waals surface area contributed by atoms with Crippen LogP contribution in [0.3, 0.4) is 0 Å². The van der Waals surface area contributed by atoms with E-state index >= 15 is 0 Å². The number of ether oxygens (including phenoxy) is 2. The maximum atomic E-state index is 13.3. The van der Waals surface area contributed by atoms with E-state index in [-0.39, 0.29) is 11.7 Å². The van der Waals surface area contributed by atoms with Crippen LogP contribution in [-0.2, 0) is 0 Å². The third-order valence-corrected chi connectivity index (χ3v) is 4.47. The van der Waals surface area contributed by atoms with Crippen molar-refractivity contribution in [2.75, 3.05) is 46.4 Å². The molecule has 1 aliphatic rings. The molecule has 1 fully saturated rings. The Morgan fingerprint density at radius 1 is 1.04 bits per heavy atom. The summed E-state index contributed by atoms with van der Waals surface area (Å²) in [5.74, 6) is 1.12. The van der Waals surface area contributed by atoms with Crippen LogP contribution in [-0.4, -0.2) is 62.1 Å². The van der Waals surface area contributed by atoms with Crippen molar-refractivity contribution in [2.45, 2.75) is 0 Å². The molecule has 5 nitrogen and oxygen atoms in total. The standard InChI is InChI=1S/C20H23FN2O3/c1-25-18-5-7-19(8-6-18)26-14-13-22-9-11-23(12-10-22)20(24)16-3-2-4-17(21)15-16/h2-8,15H,9-14H2,1H3. The highest BCUT2D eigenvalue weighted by Gasteiger charge is 2.22. The number of amides is 1. The number of halogens is 1. The molecule has 138 valence electrons. The summed E-state index contributed by atoms with van der Waals surface area (Å²) in [7, 11) is 1.63. The van der Waals surface area contributed by atoms with Crippen molar-refractivity contribution in [1.29, 1.82) is 0 Å². The fourth-order valence-corrected chi connectivity index (χ4v) is 2.94. The van der Waals surface area contributed by atoms with Crippen LogP contribution in [0, 0.1) is 5.82 Å². The number of carbonyl (C=O) groups excluding carboxylic acids is 1. The van der Waals surface area contributed by atoms with E-state index in [0.717, 1.165) is 31.1 Å². The molecule has 1 heterocycles. The Balaban J connectivity index is 1.41. The number of benzene rings is 2. The average Bonchev–Trinajstić information content (AvgIpc) is 2.68. The molecule has 1 amide bonds. The van der Waals surface area contributed by atoms with E-state index in [2.05, 4.69) is 4.90 Å². The van der Waals surface area contributed by atoms with E-state index in [0.29, 0.717) is 25.3 Å². The van der Waals surface area contributed by atoms with E-state index in [1.807, 2.05) is 24.3 Å². The monoisotopic (exact) mass is 358 g/mol. The average molecular weight is 358 g/mol. The highest BCUT2D eigenvalue weighted by atomic mass is 19.1. The zero-order valence-corrected chi connectivity index (χ0v) is 14.9. The second-order valence-electron chi connectivity index (χ2n) is 6.17. The SMILES string of the molecule is COc1ccc(OCCN2CCN(C(=O)c3cccc(F)c3)CC2)cc1. The molecule has 2 aromatic rings. The zero-order chi connectivity index (χ0) is 18.4. The molecule has 2 aromatic carbocycles. The lowest BCUT2D eigenvalue weighted by Gasteiger charge is -2.34. The number of nitrogens with zero attached hydrogens (tertiary/aromatic N) is 2. The van der Waals surface area contributed by atoms with Gasteiger partial charge in [-0.25, -0.2) is 4.39 Å². The summed E-state index contributed by atoms with van der Waals surface area (Å²) < 4.78 is 24.1. The van der Waals surface area contributed by atoms with Gasteiger partial charge in [0.25, 0.3) is 5.91 Å². The van der Waals surface area contributed by atoms with Crippen molar-refractivity contribution in [3.05, 3.63) is 59.9 Å². The summed E-state index contributed by atoms with van der Waals surface area (Å²) >= 11 is 0. The van der Waals surface area contributed by atoms with Crippen molar-refractivity contribution >= 4 is 5.91 Å².